The van der Waals surface area contributed by atoms with E-state index in [2.05, 4.69) is 10.2 Å². The first-order valence-electron chi connectivity index (χ1n) is 9.51. The Kier molecular flexibility index (Phi) is 5.09. The summed E-state index contributed by atoms with van der Waals surface area (Å²) in [6.07, 6.45) is 6.35. The predicted molar refractivity (Wildman–Crippen MR) is 104 cm³/mol. The fourth-order valence-corrected chi connectivity index (χ4v) is 5.33. The van der Waals surface area contributed by atoms with Crippen LogP contribution in [0.15, 0.2) is 30.3 Å². The molecule has 0 radical (unpaired) electrons. The van der Waals surface area contributed by atoms with Gasteiger partial charge in [-0.25, -0.2) is 4.39 Å². The summed E-state index contributed by atoms with van der Waals surface area (Å²) >= 11 is 1.49. The number of hydrogen-bond donors (Lipinski definition) is 1. The van der Waals surface area contributed by atoms with Gasteiger partial charge in [-0.1, -0.05) is 25.0 Å². The number of halogens is 1. The minimum Gasteiger partial charge on any atom is -0.347 e. The summed E-state index contributed by atoms with van der Waals surface area (Å²) in [5.74, 6) is -0.223. The van der Waals surface area contributed by atoms with E-state index < -0.39 is 0 Å². The molecule has 1 saturated heterocycles. The molecule has 1 aliphatic heterocycles. The number of benzene rings is 1. The van der Waals surface area contributed by atoms with Crippen LogP contribution in [0, 0.1) is 12.7 Å². The van der Waals surface area contributed by atoms with E-state index in [1.165, 1.54) is 49.2 Å². The average molecular weight is 373 g/mol. The molecule has 1 saturated carbocycles. The zero-order valence-corrected chi connectivity index (χ0v) is 15.9. The minimum absolute atomic E-state index is 0.0183. The van der Waals surface area contributed by atoms with Crippen molar-refractivity contribution in [3.8, 4) is 10.4 Å². The number of rotatable bonds is 4. The van der Waals surface area contributed by atoms with Crippen molar-refractivity contribution in [1.29, 1.82) is 0 Å². The zero-order chi connectivity index (χ0) is 18.1. The molecule has 1 atom stereocenters. The molecule has 2 aromatic rings. The maximum atomic E-state index is 13.1. The molecule has 1 aromatic carbocycles. The van der Waals surface area contributed by atoms with Crippen molar-refractivity contribution in [3.05, 3.63) is 46.6 Å². The van der Waals surface area contributed by atoms with Crippen molar-refractivity contribution < 1.29 is 9.18 Å². The van der Waals surface area contributed by atoms with E-state index >= 15 is 0 Å². The van der Waals surface area contributed by atoms with Gasteiger partial charge in [0, 0.05) is 30.1 Å². The second kappa shape index (κ2) is 7.49. The van der Waals surface area contributed by atoms with Crippen molar-refractivity contribution in [1.82, 2.24) is 10.2 Å². The van der Waals surface area contributed by atoms with Gasteiger partial charge in [-0.3, -0.25) is 9.69 Å². The van der Waals surface area contributed by atoms with Crippen LogP contribution in [0.1, 0.15) is 47.3 Å². The molecule has 1 aromatic heterocycles. The zero-order valence-electron chi connectivity index (χ0n) is 15.1. The van der Waals surface area contributed by atoms with Gasteiger partial charge in [-0.15, -0.1) is 11.3 Å². The molecule has 3 nitrogen and oxygen atoms in total. The Hall–Kier alpha value is -1.72. The summed E-state index contributed by atoms with van der Waals surface area (Å²) in [5.41, 5.74) is 2.02. The van der Waals surface area contributed by atoms with Gasteiger partial charge in [-0.2, -0.15) is 0 Å². The van der Waals surface area contributed by atoms with Gasteiger partial charge in [0.2, 0.25) is 0 Å². The molecule has 2 aliphatic rings. The Labute approximate surface area is 158 Å². The molecular formula is C21H25FN2OS. The lowest BCUT2D eigenvalue weighted by atomic mass is 10.1. The quantitative estimate of drug-likeness (QED) is 0.850. The molecule has 2 heterocycles. The third-order valence-electron chi connectivity index (χ3n) is 5.64. The third kappa shape index (κ3) is 3.69. The minimum atomic E-state index is -0.242. The van der Waals surface area contributed by atoms with E-state index in [9.17, 15) is 9.18 Å². The fourth-order valence-electron chi connectivity index (χ4n) is 4.24. The monoisotopic (exact) mass is 372 g/mol. The molecule has 4 rings (SSSR count). The second-order valence-electron chi connectivity index (χ2n) is 7.52. The van der Waals surface area contributed by atoms with Crippen LogP contribution in [-0.2, 0) is 0 Å². The van der Waals surface area contributed by atoms with Crippen LogP contribution in [0.4, 0.5) is 4.39 Å². The Morgan fingerprint density at radius 3 is 2.65 bits per heavy atom. The smallest absolute Gasteiger partial charge is 0.261 e. The highest BCUT2D eigenvalue weighted by Crippen LogP contribution is 2.33. The summed E-state index contributed by atoms with van der Waals surface area (Å²) in [7, 11) is 0. The van der Waals surface area contributed by atoms with Crippen molar-refractivity contribution in [2.75, 3.05) is 13.1 Å². The van der Waals surface area contributed by atoms with Crippen LogP contribution in [0.25, 0.3) is 10.4 Å². The molecule has 1 N–H and O–H groups in total. The van der Waals surface area contributed by atoms with Crippen molar-refractivity contribution in [3.63, 3.8) is 0 Å². The lowest BCUT2D eigenvalue weighted by Crippen LogP contribution is -2.38. The lowest BCUT2D eigenvalue weighted by molar-refractivity contribution is 0.0940. The van der Waals surface area contributed by atoms with E-state index in [0.717, 1.165) is 46.4 Å². The SMILES string of the molecule is Cc1cc(C(=O)NC2CCN(C3CCCC3)C2)sc1-c1ccc(F)cc1. The summed E-state index contributed by atoms with van der Waals surface area (Å²) in [5, 5.41) is 3.22. The number of amides is 1. The summed E-state index contributed by atoms with van der Waals surface area (Å²) < 4.78 is 13.1. The highest BCUT2D eigenvalue weighted by Gasteiger charge is 2.31. The van der Waals surface area contributed by atoms with Crippen LogP contribution in [0.2, 0.25) is 0 Å². The van der Waals surface area contributed by atoms with E-state index in [1.54, 1.807) is 12.1 Å². The Morgan fingerprint density at radius 2 is 1.92 bits per heavy atom. The molecule has 5 heteroatoms. The Bertz CT molecular complexity index is 780. The number of aryl methyl sites for hydroxylation is 1. The average Bonchev–Trinajstić information content (AvgIpc) is 3.36. The van der Waals surface area contributed by atoms with Gasteiger partial charge in [0.15, 0.2) is 0 Å². The van der Waals surface area contributed by atoms with Gasteiger partial charge < -0.3 is 5.32 Å². The van der Waals surface area contributed by atoms with Gasteiger partial charge in [0.05, 0.1) is 4.88 Å². The van der Waals surface area contributed by atoms with Gasteiger partial charge >= 0.3 is 0 Å². The number of carbonyl (C=O) groups excluding carboxylic acids is 1. The van der Waals surface area contributed by atoms with Crippen LogP contribution < -0.4 is 5.32 Å². The molecule has 1 unspecified atom stereocenters. The first kappa shape index (κ1) is 17.7. The van der Waals surface area contributed by atoms with Crippen LogP contribution in [-0.4, -0.2) is 36.0 Å². The largest absolute Gasteiger partial charge is 0.347 e. The van der Waals surface area contributed by atoms with Crippen LogP contribution in [0.3, 0.4) is 0 Å². The van der Waals surface area contributed by atoms with Gasteiger partial charge in [0.1, 0.15) is 5.82 Å². The molecule has 2 fully saturated rings. The predicted octanol–water partition coefficient (Wildman–Crippen LogP) is 4.61. The van der Waals surface area contributed by atoms with Gasteiger partial charge in [-0.05, 0) is 55.5 Å². The van der Waals surface area contributed by atoms with Crippen LogP contribution >= 0.6 is 11.3 Å². The Balaban J connectivity index is 1.41. The van der Waals surface area contributed by atoms with E-state index in [1.807, 2.05) is 13.0 Å². The van der Waals surface area contributed by atoms with Crippen molar-refractivity contribution in [2.45, 2.75) is 51.1 Å². The first-order chi connectivity index (χ1) is 12.6. The number of hydrogen-bond acceptors (Lipinski definition) is 3. The number of nitrogens with one attached hydrogen (secondary N) is 1. The molecule has 26 heavy (non-hydrogen) atoms. The van der Waals surface area contributed by atoms with E-state index in [-0.39, 0.29) is 17.8 Å². The fraction of sp³-hybridized carbons (Fsp3) is 0.476. The van der Waals surface area contributed by atoms with Crippen molar-refractivity contribution >= 4 is 17.2 Å². The third-order valence-corrected chi connectivity index (χ3v) is 6.93. The van der Waals surface area contributed by atoms with Crippen LogP contribution in [0.5, 0.6) is 0 Å². The first-order valence-corrected chi connectivity index (χ1v) is 10.3. The molecule has 1 aliphatic carbocycles. The maximum Gasteiger partial charge on any atom is 0.261 e. The number of likely N-dealkylation sites (tertiary alicyclic amines) is 1. The summed E-state index contributed by atoms with van der Waals surface area (Å²) in [6.45, 7) is 4.08. The molecular weight excluding hydrogens is 347 g/mol. The number of nitrogens with zero attached hydrogens (tertiary/aromatic N) is 1. The highest BCUT2D eigenvalue weighted by molar-refractivity contribution is 7.17. The van der Waals surface area contributed by atoms with E-state index in [0.29, 0.717) is 0 Å². The Morgan fingerprint density at radius 1 is 1.19 bits per heavy atom. The summed E-state index contributed by atoms with van der Waals surface area (Å²) in [4.78, 5) is 17.0. The number of thiophene rings is 1. The topological polar surface area (TPSA) is 32.3 Å². The van der Waals surface area contributed by atoms with Gasteiger partial charge in [0.25, 0.3) is 5.91 Å². The number of carbonyl (C=O) groups is 1. The molecule has 138 valence electrons. The van der Waals surface area contributed by atoms with Crippen molar-refractivity contribution in [2.24, 2.45) is 0 Å². The molecule has 0 bridgehead atoms. The lowest BCUT2D eigenvalue weighted by Gasteiger charge is -2.23. The normalized spacial score (nSPS) is 21.4. The van der Waals surface area contributed by atoms with E-state index in [4.69, 9.17) is 0 Å². The maximum absolute atomic E-state index is 13.1. The second-order valence-corrected chi connectivity index (χ2v) is 8.57. The summed E-state index contributed by atoms with van der Waals surface area (Å²) in [6, 6.07) is 9.39. The molecule has 0 spiro atoms. The standard InChI is InChI=1S/C21H25FN2OS/c1-14-12-19(26-20(14)15-6-8-16(22)9-7-15)21(25)23-17-10-11-24(13-17)18-4-2-3-5-18/h6-9,12,17-18H,2-5,10-11,13H2,1H3,(H,23,25). The highest BCUT2D eigenvalue weighted by atomic mass is 32.1. The molecule has 1 amide bonds.